The zero-order valence-corrected chi connectivity index (χ0v) is 14.9. The Hall–Kier alpha value is -1.73. The summed E-state index contributed by atoms with van der Waals surface area (Å²) in [6, 6.07) is 9.79. The summed E-state index contributed by atoms with van der Waals surface area (Å²) in [5.41, 5.74) is 1.74. The summed E-state index contributed by atoms with van der Waals surface area (Å²) in [4.78, 5) is 0. The molecule has 0 aliphatic heterocycles. The molecule has 1 aromatic carbocycles. The van der Waals surface area contributed by atoms with Crippen molar-refractivity contribution < 1.29 is 0 Å². The lowest BCUT2D eigenvalue weighted by molar-refractivity contribution is 0.156. The summed E-state index contributed by atoms with van der Waals surface area (Å²) in [6.45, 7) is 2.35. The normalized spacial score (nSPS) is 30.0. The Morgan fingerprint density at radius 3 is 1.92 bits per heavy atom. The molecular formula is C23H29N. The van der Waals surface area contributed by atoms with E-state index in [0.29, 0.717) is 11.5 Å². The molecule has 2 aliphatic rings. The Balaban J connectivity index is 1.47. The van der Waals surface area contributed by atoms with Crippen molar-refractivity contribution in [1.82, 2.24) is 0 Å². The second kappa shape index (κ2) is 8.39. The van der Waals surface area contributed by atoms with E-state index in [1.165, 1.54) is 57.8 Å². The average molecular weight is 319 g/mol. The van der Waals surface area contributed by atoms with Gasteiger partial charge in [0.2, 0.25) is 0 Å². The van der Waals surface area contributed by atoms with Crippen LogP contribution >= 0.6 is 0 Å². The lowest BCUT2D eigenvalue weighted by Crippen LogP contribution is -2.25. The molecule has 2 fully saturated rings. The molecule has 126 valence electrons. The number of benzene rings is 1. The Bertz CT molecular complexity index is 609. The molecule has 24 heavy (non-hydrogen) atoms. The summed E-state index contributed by atoms with van der Waals surface area (Å²) in [6.07, 6.45) is 12.6. The van der Waals surface area contributed by atoms with Crippen LogP contribution in [0.15, 0.2) is 24.3 Å². The highest BCUT2D eigenvalue weighted by Gasteiger charge is 2.29. The predicted molar refractivity (Wildman–Crippen MR) is 99.2 cm³/mol. The van der Waals surface area contributed by atoms with E-state index in [4.69, 9.17) is 5.26 Å². The minimum Gasteiger partial charge on any atom is -0.192 e. The Labute approximate surface area is 147 Å². The highest BCUT2D eigenvalue weighted by Crippen LogP contribution is 2.41. The van der Waals surface area contributed by atoms with E-state index in [9.17, 15) is 0 Å². The Kier molecular flexibility index (Phi) is 5.98. The minimum atomic E-state index is 0.573. The van der Waals surface area contributed by atoms with Crippen molar-refractivity contribution in [3.05, 3.63) is 35.4 Å². The summed E-state index contributed by atoms with van der Waals surface area (Å²) >= 11 is 0. The SMILES string of the molecule is CC[C@H]1CC[C@H](C2CCC(C#Cc3ccc(C#N)cc3)CC2)CC1. The van der Waals surface area contributed by atoms with Crippen LogP contribution in [0, 0.1) is 46.8 Å². The van der Waals surface area contributed by atoms with Gasteiger partial charge in [0.1, 0.15) is 0 Å². The van der Waals surface area contributed by atoms with Crippen molar-refractivity contribution in [3.63, 3.8) is 0 Å². The Morgan fingerprint density at radius 2 is 1.38 bits per heavy atom. The molecule has 1 nitrogen and oxygen atoms in total. The van der Waals surface area contributed by atoms with E-state index < -0.39 is 0 Å². The van der Waals surface area contributed by atoms with Gasteiger partial charge in [-0.25, -0.2) is 0 Å². The maximum atomic E-state index is 8.84. The van der Waals surface area contributed by atoms with E-state index in [1.54, 1.807) is 0 Å². The van der Waals surface area contributed by atoms with Gasteiger partial charge in [-0.1, -0.05) is 38.0 Å². The summed E-state index contributed by atoms with van der Waals surface area (Å²) in [7, 11) is 0. The van der Waals surface area contributed by atoms with Gasteiger partial charge in [-0.15, -0.1) is 0 Å². The van der Waals surface area contributed by atoms with Crippen molar-refractivity contribution in [2.75, 3.05) is 0 Å². The van der Waals surface area contributed by atoms with E-state index in [-0.39, 0.29) is 0 Å². The van der Waals surface area contributed by atoms with Crippen LogP contribution in [0.2, 0.25) is 0 Å². The molecule has 2 aliphatic carbocycles. The summed E-state index contributed by atoms with van der Waals surface area (Å²) in [5.74, 6) is 10.3. The molecule has 0 saturated heterocycles. The average Bonchev–Trinajstić information content (AvgIpc) is 2.67. The van der Waals surface area contributed by atoms with Crippen molar-refractivity contribution in [1.29, 1.82) is 5.26 Å². The first-order valence-corrected chi connectivity index (χ1v) is 9.80. The highest BCUT2D eigenvalue weighted by molar-refractivity contribution is 5.40. The molecule has 0 amide bonds. The third kappa shape index (κ3) is 4.42. The summed E-state index contributed by atoms with van der Waals surface area (Å²) in [5, 5.41) is 8.84. The molecule has 0 aromatic heterocycles. The molecule has 2 saturated carbocycles. The third-order valence-electron chi connectivity index (χ3n) is 6.34. The molecule has 0 atom stereocenters. The number of nitrogens with zero attached hydrogens (tertiary/aromatic N) is 1. The molecule has 1 heteroatoms. The van der Waals surface area contributed by atoms with Crippen molar-refractivity contribution in [2.24, 2.45) is 23.7 Å². The number of hydrogen-bond donors (Lipinski definition) is 0. The topological polar surface area (TPSA) is 23.8 Å². The maximum absolute atomic E-state index is 8.84. The van der Waals surface area contributed by atoms with Gasteiger partial charge in [0.25, 0.3) is 0 Å². The number of nitriles is 1. The summed E-state index contributed by atoms with van der Waals surface area (Å²) < 4.78 is 0. The predicted octanol–water partition coefficient (Wildman–Crippen LogP) is 5.93. The first-order chi connectivity index (χ1) is 11.8. The van der Waals surface area contributed by atoms with Gasteiger partial charge < -0.3 is 0 Å². The van der Waals surface area contributed by atoms with Crippen LogP contribution in [-0.4, -0.2) is 0 Å². The number of hydrogen-bond acceptors (Lipinski definition) is 1. The first kappa shape index (κ1) is 17.1. The smallest absolute Gasteiger partial charge is 0.0991 e. The van der Waals surface area contributed by atoms with E-state index >= 15 is 0 Å². The van der Waals surface area contributed by atoms with Gasteiger partial charge in [0, 0.05) is 11.5 Å². The molecule has 0 bridgehead atoms. The molecule has 1 aromatic rings. The van der Waals surface area contributed by atoms with Crippen LogP contribution in [-0.2, 0) is 0 Å². The number of rotatable bonds is 2. The van der Waals surface area contributed by atoms with E-state index in [0.717, 1.165) is 23.3 Å². The van der Waals surface area contributed by atoms with Crippen LogP contribution in [0.25, 0.3) is 0 Å². The zero-order valence-electron chi connectivity index (χ0n) is 14.9. The third-order valence-corrected chi connectivity index (χ3v) is 6.34. The van der Waals surface area contributed by atoms with Crippen LogP contribution in [0.1, 0.15) is 75.8 Å². The molecule has 0 N–H and O–H groups in total. The van der Waals surface area contributed by atoms with Crippen molar-refractivity contribution in [3.8, 4) is 17.9 Å². The molecule has 0 spiro atoms. The largest absolute Gasteiger partial charge is 0.192 e. The van der Waals surface area contributed by atoms with Gasteiger partial charge in [0.15, 0.2) is 0 Å². The fourth-order valence-corrected chi connectivity index (χ4v) is 4.62. The lowest BCUT2D eigenvalue weighted by Gasteiger charge is -2.36. The molecule has 3 rings (SSSR count). The van der Waals surface area contributed by atoms with Crippen LogP contribution in [0.3, 0.4) is 0 Å². The van der Waals surface area contributed by atoms with E-state index in [1.807, 2.05) is 24.3 Å². The molecule has 0 radical (unpaired) electrons. The van der Waals surface area contributed by atoms with Crippen LogP contribution in [0.5, 0.6) is 0 Å². The quantitative estimate of drug-likeness (QED) is 0.619. The molecular weight excluding hydrogens is 290 g/mol. The van der Waals surface area contributed by atoms with Gasteiger partial charge in [0.05, 0.1) is 11.6 Å². The van der Waals surface area contributed by atoms with Gasteiger partial charge in [-0.05, 0) is 80.5 Å². The second-order valence-electron chi connectivity index (χ2n) is 7.76. The van der Waals surface area contributed by atoms with Crippen molar-refractivity contribution in [2.45, 2.75) is 64.7 Å². The van der Waals surface area contributed by atoms with Crippen molar-refractivity contribution >= 4 is 0 Å². The molecule has 0 heterocycles. The molecule has 0 unspecified atom stereocenters. The Morgan fingerprint density at radius 1 is 0.833 bits per heavy atom. The van der Waals surface area contributed by atoms with E-state index in [2.05, 4.69) is 24.8 Å². The highest BCUT2D eigenvalue weighted by atomic mass is 14.3. The van der Waals surface area contributed by atoms with Gasteiger partial charge >= 0.3 is 0 Å². The zero-order chi connectivity index (χ0) is 16.8. The van der Waals surface area contributed by atoms with Crippen LogP contribution < -0.4 is 0 Å². The van der Waals surface area contributed by atoms with Crippen LogP contribution in [0.4, 0.5) is 0 Å². The fourth-order valence-electron chi connectivity index (χ4n) is 4.62. The standard InChI is InChI=1S/C23H29N/c1-2-18-9-13-22(14-10-18)23-15-11-20(12-16-23)4-3-19-5-7-21(17-24)8-6-19/h5-8,18,20,22-23H,2,9-16H2,1H3/t18-,20?,22-,23?. The fraction of sp³-hybridized carbons (Fsp3) is 0.609. The first-order valence-electron chi connectivity index (χ1n) is 9.80. The minimum absolute atomic E-state index is 0.573. The maximum Gasteiger partial charge on any atom is 0.0991 e. The van der Waals surface area contributed by atoms with Gasteiger partial charge in [-0.3, -0.25) is 0 Å². The monoisotopic (exact) mass is 319 g/mol. The van der Waals surface area contributed by atoms with Gasteiger partial charge in [-0.2, -0.15) is 5.26 Å². The lowest BCUT2D eigenvalue weighted by atomic mass is 9.69. The second-order valence-corrected chi connectivity index (χ2v) is 7.76.